The van der Waals surface area contributed by atoms with E-state index in [9.17, 15) is 9.59 Å². The summed E-state index contributed by atoms with van der Waals surface area (Å²) in [5, 5.41) is 0. The van der Waals surface area contributed by atoms with E-state index in [0.717, 1.165) is 37.8 Å². The van der Waals surface area contributed by atoms with Gasteiger partial charge in [0.05, 0.1) is 0 Å². The van der Waals surface area contributed by atoms with Gasteiger partial charge in [0.25, 0.3) is 0 Å². The van der Waals surface area contributed by atoms with Crippen LogP contribution in [0.25, 0.3) is 0 Å². The van der Waals surface area contributed by atoms with Crippen LogP contribution in [0, 0.1) is 0 Å². The molecule has 0 unspecified atom stereocenters. The summed E-state index contributed by atoms with van der Waals surface area (Å²) in [5.41, 5.74) is 0. The van der Waals surface area contributed by atoms with Gasteiger partial charge in [-0.05, 0) is 12.8 Å². The third kappa shape index (κ3) is 12.6. The lowest BCUT2D eigenvalue weighted by Crippen LogP contribution is -2.04. The Hall–Kier alpha value is -1.84. The fraction of sp³-hybridized carbons (Fsp3) is 0.500. The third-order valence-electron chi connectivity index (χ3n) is 2.24. The second kappa shape index (κ2) is 13.6. The smallest absolute Gasteiger partial charge is 0.331 e. The molecule has 0 heterocycles. The minimum absolute atomic E-state index is 0.220. The highest BCUT2D eigenvalue weighted by Crippen LogP contribution is 1.91. The van der Waals surface area contributed by atoms with Crippen molar-refractivity contribution in [2.24, 2.45) is 0 Å². The first kappa shape index (κ1) is 18.2. The quantitative estimate of drug-likeness (QED) is 0.350. The van der Waals surface area contributed by atoms with Gasteiger partial charge in [0.1, 0.15) is 13.2 Å². The van der Waals surface area contributed by atoms with Crippen molar-refractivity contribution in [3.8, 4) is 0 Å². The van der Waals surface area contributed by atoms with Crippen molar-refractivity contribution < 1.29 is 19.1 Å². The van der Waals surface area contributed by atoms with Gasteiger partial charge in [-0.1, -0.05) is 51.0 Å². The van der Waals surface area contributed by atoms with Crippen LogP contribution in [0.3, 0.4) is 0 Å². The number of carbonyl (C=O) groups is 2. The lowest BCUT2D eigenvalue weighted by Gasteiger charge is -1.97. The topological polar surface area (TPSA) is 52.6 Å². The van der Waals surface area contributed by atoms with E-state index in [1.165, 1.54) is 0 Å². The molecule has 0 aromatic heterocycles. The van der Waals surface area contributed by atoms with E-state index < -0.39 is 11.9 Å². The summed E-state index contributed by atoms with van der Waals surface area (Å²) in [7, 11) is 0. The van der Waals surface area contributed by atoms with E-state index in [-0.39, 0.29) is 13.2 Å². The van der Waals surface area contributed by atoms with Crippen LogP contribution < -0.4 is 0 Å². The van der Waals surface area contributed by atoms with Crippen LogP contribution in [0.5, 0.6) is 0 Å². The van der Waals surface area contributed by atoms with Crippen LogP contribution in [-0.2, 0) is 19.1 Å². The summed E-state index contributed by atoms with van der Waals surface area (Å²) < 4.78 is 9.72. The Balaban J connectivity index is 3.74. The first-order chi connectivity index (χ1) is 9.70. The lowest BCUT2D eigenvalue weighted by atomic mass is 10.3. The molecule has 0 rings (SSSR count). The van der Waals surface area contributed by atoms with Crippen LogP contribution in [0.2, 0.25) is 0 Å². The molecule has 0 aromatic carbocycles. The van der Waals surface area contributed by atoms with Crippen molar-refractivity contribution in [2.45, 2.75) is 39.5 Å². The minimum atomic E-state index is -0.551. The third-order valence-corrected chi connectivity index (χ3v) is 2.24. The van der Waals surface area contributed by atoms with Crippen molar-refractivity contribution in [1.29, 1.82) is 0 Å². The Morgan fingerprint density at radius 1 is 0.750 bits per heavy atom. The standard InChI is InChI=1S/C16H24O4/c1-3-5-7-9-13-19-15(17)11-12-16(18)20-14-10-8-6-4-2/h7-12H,3-6,13-14H2,1-2H3/b9-7-,10-8-,12-11+. The molecule has 0 atom stereocenters. The molecule has 112 valence electrons. The van der Waals surface area contributed by atoms with Gasteiger partial charge in [-0.15, -0.1) is 0 Å². The molecule has 4 heteroatoms. The maximum Gasteiger partial charge on any atom is 0.331 e. The second-order valence-corrected chi connectivity index (χ2v) is 4.11. The van der Waals surface area contributed by atoms with Crippen LogP contribution in [0.4, 0.5) is 0 Å². The van der Waals surface area contributed by atoms with Gasteiger partial charge >= 0.3 is 11.9 Å². The number of rotatable bonds is 10. The molecule has 0 radical (unpaired) electrons. The fourth-order valence-electron chi connectivity index (χ4n) is 1.20. The van der Waals surface area contributed by atoms with Gasteiger partial charge < -0.3 is 9.47 Å². The summed E-state index contributed by atoms with van der Waals surface area (Å²) in [6, 6.07) is 0. The summed E-state index contributed by atoms with van der Waals surface area (Å²) in [4.78, 5) is 22.5. The van der Waals surface area contributed by atoms with Crippen LogP contribution >= 0.6 is 0 Å². The molecule has 0 aromatic rings. The molecule has 0 spiro atoms. The van der Waals surface area contributed by atoms with Crippen molar-refractivity contribution >= 4 is 11.9 Å². The van der Waals surface area contributed by atoms with E-state index in [0.29, 0.717) is 0 Å². The Labute approximate surface area is 121 Å². The fourth-order valence-corrected chi connectivity index (χ4v) is 1.20. The normalized spacial score (nSPS) is 11.5. The first-order valence-corrected chi connectivity index (χ1v) is 7.02. The number of unbranched alkanes of at least 4 members (excludes halogenated alkanes) is 2. The highest BCUT2D eigenvalue weighted by molar-refractivity contribution is 5.91. The van der Waals surface area contributed by atoms with E-state index in [2.05, 4.69) is 13.8 Å². The number of hydrogen-bond donors (Lipinski definition) is 0. The van der Waals surface area contributed by atoms with Crippen LogP contribution in [-0.4, -0.2) is 25.2 Å². The maximum absolute atomic E-state index is 11.2. The molecule has 0 aliphatic carbocycles. The maximum atomic E-state index is 11.2. The Kier molecular flexibility index (Phi) is 12.3. The SMILES string of the molecule is CCC/C=C\COC(=O)/C=C/C(=O)OC/C=C\CCC. The first-order valence-electron chi connectivity index (χ1n) is 7.02. The highest BCUT2D eigenvalue weighted by atomic mass is 16.5. The molecule has 0 bridgehead atoms. The summed E-state index contributed by atoms with van der Waals surface area (Å²) in [6.07, 6.45) is 13.7. The van der Waals surface area contributed by atoms with Gasteiger partial charge in [-0.2, -0.15) is 0 Å². The largest absolute Gasteiger partial charge is 0.458 e. The Bertz CT molecular complexity index is 319. The number of ether oxygens (including phenoxy) is 2. The summed E-state index contributed by atoms with van der Waals surface area (Å²) in [6.45, 7) is 4.58. The number of carbonyl (C=O) groups excluding carboxylic acids is 2. The van der Waals surface area contributed by atoms with Crippen molar-refractivity contribution in [3.63, 3.8) is 0 Å². The van der Waals surface area contributed by atoms with Crippen molar-refractivity contribution in [1.82, 2.24) is 0 Å². The lowest BCUT2D eigenvalue weighted by molar-refractivity contribution is -0.139. The number of allylic oxidation sites excluding steroid dienone is 2. The van der Waals surface area contributed by atoms with Crippen LogP contribution in [0.1, 0.15) is 39.5 Å². The number of esters is 2. The van der Waals surface area contributed by atoms with Gasteiger partial charge in [0.2, 0.25) is 0 Å². The molecular formula is C16H24O4. The van der Waals surface area contributed by atoms with Crippen LogP contribution in [0.15, 0.2) is 36.5 Å². The second-order valence-electron chi connectivity index (χ2n) is 4.11. The Morgan fingerprint density at radius 3 is 1.50 bits per heavy atom. The monoisotopic (exact) mass is 280 g/mol. The van der Waals surface area contributed by atoms with Crippen molar-refractivity contribution in [2.75, 3.05) is 13.2 Å². The number of hydrogen-bond acceptors (Lipinski definition) is 4. The van der Waals surface area contributed by atoms with E-state index in [1.807, 2.05) is 12.2 Å². The highest BCUT2D eigenvalue weighted by Gasteiger charge is 1.98. The minimum Gasteiger partial charge on any atom is -0.458 e. The molecular weight excluding hydrogens is 256 g/mol. The molecule has 0 aliphatic rings. The average molecular weight is 280 g/mol. The molecule has 0 saturated heterocycles. The molecule has 0 fully saturated rings. The van der Waals surface area contributed by atoms with Gasteiger partial charge in [-0.3, -0.25) is 0 Å². The molecule has 4 nitrogen and oxygen atoms in total. The molecule has 0 N–H and O–H groups in total. The Morgan fingerprint density at radius 2 is 1.15 bits per heavy atom. The summed E-state index contributed by atoms with van der Waals surface area (Å²) in [5.74, 6) is -1.10. The zero-order valence-electron chi connectivity index (χ0n) is 12.3. The predicted octanol–water partition coefficient (Wildman–Crippen LogP) is 3.34. The zero-order valence-corrected chi connectivity index (χ0v) is 12.3. The molecule has 0 aliphatic heterocycles. The van der Waals surface area contributed by atoms with E-state index in [1.54, 1.807) is 12.2 Å². The van der Waals surface area contributed by atoms with Gasteiger partial charge in [-0.25, -0.2) is 9.59 Å². The van der Waals surface area contributed by atoms with Gasteiger partial charge in [0, 0.05) is 12.2 Å². The molecule has 20 heavy (non-hydrogen) atoms. The summed E-state index contributed by atoms with van der Waals surface area (Å²) >= 11 is 0. The van der Waals surface area contributed by atoms with Crippen molar-refractivity contribution in [3.05, 3.63) is 36.5 Å². The average Bonchev–Trinajstić information content (AvgIpc) is 2.44. The van der Waals surface area contributed by atoms with E-state index in [4.69, 9.17) is 9.47 Å². The molecule has 0 amide bonds. The van der Waals surface area contributed by atoms with E-state index >= 15 is 0 Å². The zero-order chi connectivity index (χ0) is 15.1. The molecule has 0 saturated carbocycles. The van der Waals surface area contributed by atoms with Gasteiger partial charge in [0.15, 0.2) is 0 Å². The predicted molar refractivity (Wildman–Crippen MR) is 79.2 cm³/mol.